The fourth-order valence-electron chi connectivity index (χ4n) is 1.44. The largest absolute Gasteiger partial charge is 0.299 e. The van der Waals surface area contributed by atoms with Crippen molar-refractivity contribution >= 4 is 6.29 Å². The van der Waals surface area contributed by atoms with E-state index in [0.29, 0.717) is 0 Å². The van der Waals surface area contributed by atoms with Gasteiger partial charge in [0.15, 0.2) is 0 Å². The SMILES string of the molecule is CC(C)=CCC/C(C)=C\CC/C(C)=C\C=O. The number of aldehydes is 1. The van der Waals surface area contributed by atoms with E-state index in [1.54, 1.807) is 6.08 Å². The first-order valence-corrected chi connectivity index (χ1v) is 5.96. The summed E-state index contributed by atoms with van der Waals surface area (Å²) in [4.78, 5) is 10.2. The van der Waals surface area contributed by atoms with Crippen molar-refractivity contribution in [2.45, 2.75) is 53.4 Å². The van der Waals surface area contributed by atoms with Crippen LogP contribution in [0.1, 0.15) is 53.4 Å². The van der Waals surface area contributed by atoms with Gasteiger partial charge in [-0.05, 0) is 59.5 Å². The molecular formula is C15H24O. The van der Waals surface area contributed by atoms with Crippen LogP contribution in [-0.4, -0.2) is 6.29 Å². The van der Waals surface area contributed by atoms with Gasteiger partial charge in [0, 0.05) is 0 Å². The maximum atomic E-state index is 10.2. The molecule has 0 fully saturated rings. The van der Waals surface area contributed by atoms with Crippen LogP contribution in [0.2, 0.25) is 0 Å². The Kier molecular flexibility index (Phi) is 8.51. The lowest BCUT2D eigenvalue weighted by molar-refractivity contribution is -0.104. The Morgan fingerprint density at radius 3 is 2.00 bits per heavy atom. The lowest BCUT2D eigenvalue weighted by Gasteiger charge is -2.00. The maximum absolute atomic E-state index is 10.2. The summed E-state index contributed by atoms with van der Waals surface area (Å²) in [7, 11) is 0. The maximum Gasteiger partial charge on any atom is 0.142 e. The van der Waals surface area contributed by atoms with E-state index in [4.69, 9.17) is 0 Å². The summed E-state index contributed by atoms with van der Waals surface area (Å²) in [6, 6.07) is 0. The van der Waals surface area contributed by atoms with Crippen molar-refractivity contribution in [3.05, 3.63) is 34.9 Å². The number of carbonyl (C=O) groups excluding carboxylic acids is 1. The zero-order chi connectivity index (χ0) is 12.4. The molecule has 0 heterocycles. The average molecular weight is 220 g/mol. The van der Waals surface area contributed by atoms with Gasteiger partial charge in [-0.15, -0.1) is 0 Å². The van der Waals surface area contributed by atoms with Crippen LogP contribution in [0.25, 0.3) is 0 Å². The van der Waals surface area contributed by atoms with Crippen LogP contribution < -0.4 is 0 Å². The summed E-state index contributed by atoms with van der Waals surface area (Å²) in [5.41, 5.74) is 3.98. The van der Waals surface area contributed by atoms with E-state index in [9.17, 15) is 4.79 Å². The van der Waals surface area contributed by atoms with Crippen molar-refractivity contribution < 1.29 is 4.79 Å². The van der Waals surface area contributed by atoms with Crippen molar-refractivity contribution in [2.24, 2.45) is 0 Å². The Labute approximate surface area is 99.9 Å². The molecule has 0 N–H and O–H groups in total. The Hall–Kier alpha value is -1.11. The number of allylic oxidation sites excluding steroid dienone is 6. The van der Waals surface area contributed by atoms with E-state index in [1.165, 1.54) is 11.1 Å². The standard InChI is InChI=1S/C15H24O/c1-13(2)7-5-8-14(3)9-6-10-15(4)11-12-16/h7,9,11-12H,5-6,8,10H2,1-4H3/b14-9-,15-11-. The first-order valence-electron chi connectivity index (χ1n) is 5.96. The molecule has 0 amide bonds. The Balaban J connectivity index is 3.83. The third-order valence-electron chi connectivity index (χ3n) is 2.48. The monoisotopic (exact) mass is 220 g/mol. The number of hydrogen-bond acceptors (Lipinski definition) is 1. The molecule has 0 unspecified atom stereocenters. The number of hydrogen-bond donors (Lipinski definition) is 0. The highest BCUT2D eigenvalue weighted by Gasteiger charge is 1.91. The molecule has 0 rings (SSSR count). The van der Waals surface area contributed by atoms with Crippen LogP contribution in [0.3, 0.4) is 0 Å². The smallest absolute Gasteiger partial charge is 0.142 e. The highest BCUT2D eigenvalue weighted by atomic mass is 16.1. The molecule has 0 aliphatic carbocycles. The van der Waals surface area contributed by atoms with Crippen LogP contribution in [0.15, 0.2) is 34.9 Å². The Bertz CT molecular complexity index is 289. The molecule has 0 aliphatic rings. The second-order valence-electron chi connectivity index (χ2n) is 4.56. The topological polar surface area (TPSA) is 17.1 Å². The molecule has 0 aromatic rings. The molecule has 0 bridgehead atoms. The first-order chi connectivity index (χ1) is 7.56. The molecule has 0 saturated carbocycles. The van der Waals surface area contributed by atoms with Crippen LogP contribution in [0.4, 0.5) is 0 Å². The molecule has 0 spiro atoms. The van der Waals surface area contributed by atoms with Gasteiger partial charge >= 0.3 is 0 Å². The predicted octanol–water partition coefficient (Wildman–Crippen LogP) is 4.60. The second-order valence-corrected chi connectivity index (χ2v) is 4.56. The van der Waals surface area contributed by atoms with Crippen LogP contribution in [-0.2, 0) is 4.79 Å². The van der Waals surface area contributed by atoms with Crippen molar-refractivity contribution in [3.63, 3.8) is 0 Å². The summed E-state index contributed by atoms with van der Waals surface area (Å²) >= 11 is 0. The third-order valence-corrected chi connectivity index (χ3v) is 2.48. The van der Waals surface area contributed by atoms with Crippen LogP contribution in [0.5, 0.6) is 0 Å². The minimum absolute atomic E-state index is 0.862. The summed E-state index contributed by atoms with van der Waals surface area (Å²) in [5, 5.41) is 0. The van der Waals surface area contributed by atoms with Gasteiger partial charge in [0.1, 0.15) is 6.29 Å². The van der Waals surface area contributed by atoms with Crippen molar-refractivity contribution in [3.8, 4) is 0 Å². The van der Waals surface area contributed by atoms with Gasteiger partial charge in [-0.25, -0.2) is 0 Å². The minimum Gasteiger partial charge on any atom is -0.299 e. The minimum atomic E-state index is 0.862. The van der Waals surface area contributed by atoms with Gasteiger partial charge in [-0.3, -0.25) is 4.79 Å². The van der Waals surface area contributed by atoms with Crippen LogP contribution in [0, 0.1) is 0 Å². The summed E-state index contributed by atoms with van der Waals surface area (Å²) < 4.78 is 0. The molecule has 0 aliphatic heterocycles. The van der Waals surface area contributed by atoms with E-state index >= 15 is 0 Å². The Morgan fingerprint density at radius 2 is 1.44 bits per heavy atom. The molecule has 0 atom stereocenters. The summed E-state index contributed by atoms with van der Waals surface area (Å²) in [5.74, 6) is 0. The summed E-state index contributed by atoms with van der Waals surface area (Å²) in [6.45, 7) is 8.44. The predicted molar refractivity (Wildman–Crippen MR) is 71.5 cm³/mol. The zero-order valence-corrected chi connectivity index (χ0v) is 11.0. The fourth-order valence-corrected chi connectivity index (χ4v) is 1.44. The van der Waals surface area contributed by atoms with Gasteiger partial charge in [0.05, 0.1) is 0 Å². The molecule has 90 valence electrons. The second kappa shape index (κ2) is 9.14. The lowest BCUT2D eigenvalue weighted by atomic mass is 10.1. The van der Waals surface area contributed by atoms with Crippen molar-refractivity contribution in [1.29, 1.82) is 0 Å². The quantitative estimate of drug-likeness (QED) is 0.348. The molecule has 1 nitrogen and oxygen atoms in total. The lowest BCUT2D eigenvalue weighted by Crippen LogP contribution is -1.81. The highest BCUT2D eigenvalue weighted by Crippen LogP contribution is 2.10. The highest BCUT2D eigenvalue weighted by molar-refractivity contribution is 5.65. The fraction of sp³-hybridized carbons (Fsp3) is 0.533. The molecule has 16 heavy (non-hydrogen) atoms. The average Bonchev–Trinajstić information content (AvgIpc) is 2.17. The van der Waals surface area contributed by atoms with E-state index in [1.807, 2.05) is 6.92 Å². The Morgan fingerprint density at radius 1 is 0.875 bits per heavy atom. The van der Waals surface area contributed by atoms with E-state index in [0.717, 1.165) is 37.5 Å². The van der Waals surface area contributed by atoms with Crippen molar-refractivity contribution in [1.82, 2.24) is 0 Å². The summed E-state index contributed by atoms with van der Waals surface area (Å²) in [6.07, 6.45) is 11.4. The molecule has 1 heteroatoms. The van der Waals surface area contributed by atoms with Gasteiger partial charge < -0.3 is 0 Å². The van der Waals surface area contributed by atoms with Gasteiger partial charge in [-0.2, -0.15) is 0 Å². The van der Waals surface area contributed by atoms with Crippen LogP contribution >= 0.6 is 0 Å². The normalized spacial score (nSPS) is 12.5. The van der Waals surface area contributed by atoms with Gasteiger partial charge in [0.2, 0.25) is 0 Å². The molecule has 0 aromatic heterocycles. The number of carbonyl (C=O) groups is 1. The van der Waals surface area contributed by atoms with Gasteiger partial charge in [0.25, 0.3) is 0 Å². The molecule has 0 aromatic carbocycles. The van der Waals surface area contributed by atoms with Crippen molar-refractivity contribution in [2.75, 3.05) is 0 Å². The van der Waals surface area contributed by atoms with E-state index < -0.39 is 0 Å². The molecular weight excluding hydrogens is 196 g/mol. The van der Waals surface area contributed by atoms with Gasteiger partial charge in [-0.1, -0.05) is 28.9 Å². The zero-order valence-electron chi connectivity index (χ0n) is 11.0. The number of rotatable bonds is 7. The first kappa shape index (κ1) is 14.9. The van der Waals surface area contributed by atoms with E-state index in [-0.39, 0.29) is 0 Å². The molecule has 0 saturated heterocycles. The third kappa shape index (κ3) is 9.45. The molecule has 0 radical (unpaired) electrons. The van der Waals surface area contributed by atoms with E-state index in [2.05, 4.69) is 32.9 Å².